The first-order valence-electron chi connectivity index (χ1n) is 39.0. The van der Waals surface area contributed by atoms with Crippen molar-refractivity contribution in [3.05, 3.63) is 357 Å². The average molecular weight is 1510 g/mol. The van der Waals surface area contributed by atoms with Gasteiger partial charge in [-0.2, -0.15) is 0 Å². The molecule has 0 radical (unpaired) electrons. The van der Waals surface area contributed by atoms with Crippen LogP contribution < -0.4 is 5.46 Å². The zero-order valence-electron chi connectivity index (χ0n) is 63.8. The Labute approximate surface area is 673 Å². The Kier molecular flexibility index (Phi) is 17.0. The Morgan fingerprint density at radius 2 is 0.552 bits per heavy atom. The Morgan fingerprint density at radius 1 is 0.233 bits per heavy atom. The lowest BCUT2D eigenvalue weighted by molar-refractivity contribution is 0.00578. The van der Waals surface area contributed by atoms with E-state index in [2.05, 4.69) is 307 Å². The zero-order valence-corrected chi connectivity index (χ0v) is 64.5. The Balaban J connectivity index is 0.000000115. The van der Waals surface area contributed by atoms with Gasteiger partial charge in [0.1, 0.15) is 22.3 Å². The summed E-state index contributed by atoms with van der Waals surface area (Å²) in [4.78, 5) is 30.0. The third kappa shape index (κ3) is 12.6. The van der Waals surface area contributed by atoms with E-state index in [9.17, 15) is 0 Å². The lowest BCUT2D eigenvalue weighted by Crippen LogP contribution is -2.41. The van der Waals surface area contributed by atoms with Gasteiger partial charge in [0.25, 0.3) is 0 Å². The average Bonchev–Trinajstić information content (AvgIpc) is 1.51. The number of furan rings is 2. The third-order valence-electron chi connectivity index (χ3n) is 23.1. The summed E-state index contributed by atoms with van der Waals surface area (Å²) in [6.45, 7) is 8.35. The van der Waals surface area contributed by atoms with Crippen LogP contribution in [0, 0.1) is 0 Å². The van der Waals surface area contributed by atoms with Crippen LogP contribution in [0.25, 0.3) is 210 Å². The number of fused-ring (bicyclic) bond motifs is 18. The molecule has 550 valence electrons. The summed E-state index contributed by atoms with van der Waals surface area (Å²) in [5, 5.41) is 24.0. The van der Waals surface area contributed by atoms with Crippen LogP contribution in [-0.4, -0.2) is 48.2 Å². The fourth-order valence-corrected chi connectivity index (χ4v) is 16.6. The van der Waals surface area contributed by atoms with Crippen LogP contribution in [-0.2, 0) is 9.31 Å². The second kappa shape index (κ2) is 28.2. The molecule has 0 unspecified atom stereocenters. The van der Waals surface area contributed by atoms with Gasteiger partial charge in [0.05, 0.1) is 16.2 Å². The number of benzene rings is 18. The summed E-state index contributed by atoms with van der Waals surface area (Å²) in [6, 6.07) is 122. The minimum absolute atomic E-state index is 0.362. The first kappa shape index (κ1) is 69.8. The highest BCUT2D eigenvalue weighted by atomic mass is 35.5. The van der Waals surface area contributed by atoms with Crippen molar-refractivity contribution in [3.63, 3.8) is 0 Å². The van der Waals surface area contributed by atoms with Crippen molar-refractivity contribution in [1.29, 1.82) is 0 Å². The van der Waals surface area contributed by atoms with E-state index in [1.807, 2.05) is 72.8 Å². The number of aromatic nitrogens is 6. The van der Waals surface area contributed by atoms with Crippen molar-refractivity contribution in [2.75, 3.05) is 0 Å². The van der Waals surface area contributed by atoms with Crippen LogP contribution in [0.3, 0.4) is 0 Å². The molecule has 5 heterocycles. The standard InChI is InChI=1S/C49H29N3O.C29H18ClN3.C26H23BO3/c1-3-11-34-27-37(23-17-30(34)9-1)47-50-48(38-24-18-31-10-2-4-12-35(31)28-38)52-49(51-47)40-14-6-5-13-39(40)36-22-20-32-19-21-33-25-26-44-46(45(33)42(32)29-36)41-15-7-8-16-43(41)53-44;30-26-12-6-5-11-25(26)29-32-27(23-15-13-19-7-1-3-9-21(19)17-23)31-28(33-29)24-16-14-20-8-2-4-10-22(20)18-24;1-25(2)26(3,4)30-27(29-25)18-13-11-16-9-10-17-12-14-22-24(23(17)20(16)15-18)19-7-5-6-8-21(19)28-22/h1-29H;1-18H;5-15H,1-4H3. The molecule has 23 rings (SSSR count). The molecule has 0 saturated carbocycles. The van der Waals surface area contributed by atoms with Gasteiger partial charge in [0.15, 0.2) is 34.9 Å². The molecular formula is C104H70BClN6O4. The van der Waals surface area contributed by atoms with E-state index in [0.29, 0.717) is 40.0 Å². The van der Waals surface area contributed by atoms with Crippen molar-refractivity contribution in [3.8, 4) is 79.5 Å². The van der Waals surface area contributed by atoms with E-state index in [0.717, 1.165) is 110 Å². The zero-order chi connectivity index (χ0) is 77.8. The number of hydrogen-bond donors (Lipinski definition) is 0. The van der Waals surface area contributed by atoms with Crippen LogP contribution in [0.1, 0.15) is 27.7 Å². The monoisotopic (exact) mass is 1510 g/mol. The van der Waals surface area contributed by atoms with E-state index in [1.54, 1.807) is 0 Å². The molecule has 0 spiro atoms. The highest BCUT2D eigenvalue weighted by molar-refractivity contribution is 6.62. The molecule has 18 aromatic carbocycles. The van der Waals surface area contributed by atoms with Crippen LogP contribution in [0.5, 0.6) is 0 Å². The van der Waals surface area contributed by atoms with Crippen LogP contribution in [0.15, 0.2) is 361 Å². The first-order chi connectivity index (χ1) is 56.8. The fraction of sp³-hybridized carbons (Fsp3) is 0.0577. The van der Waals surface area contributed by atoms with Crippen molar-refractivity contribution in [2.24, 2.45) is 0 Å². The SMILES string of the molecule is CC1(C)OB(c2ccc3ccc4ccc5oc6ccccc6c5c4c3c2)OC1(C)C.Clc1ccccc1-c1nc(-c2ccc3ccccc3c2)nc(-c2ccc3ccccc3c2)n1.c1ccc(-c2nc(-c3ccc4ccccc4c3)nc(-c3ccc4ccccc4c3)n2)c(-c2ccc3ccc4ccc5oc6ccccc6c5c4c3c2)c1. The molecular weight excluding hydrogens is 1440 g/mol. The number of rotatable bonds is 8. The van der Waals surface area contributed by atoms with Gasteiger partial charge in [0.2, 0.25) is 0 Å². The molecule has 10 nitrogen and oxygen atoms in total. The molecule has 0 aliphatic carbocycles. The maximum Gasteiger partial charge on any atom is 0.494 e. The fourth-order valence-electron chi connectivity index (χ4n) is 16.4. The molecule has 12 heteroatoms. The van der Waals surface area contributed by atoms with Gasteiger partial charge in [-0.25, -0.2) is 29.9 Å². The van der Waals surface area contributed by atoms with Gasteiger partial charge < -0.3 is 18.1 Å². The maximum atomic E-state index is 6.51. The second-order valence-corrected chi connectivity index (χ2v) is 31.2. The number of halogens is 1. The van der Waals surface area contributed by atoms with E-state index in [4.69, 9.17) is 59.6 Å². The summed E-state index contributed by atoms with van der Waals surface area (Å²) in [5.41, 5.74) is 11.6. The van der Waals surface area contributed by atoms with Gasteiger partial charge >= 0.3 is 7.12 Å². The normalized spacial score (nSPS) is 13.3. The van der Waals surface area contributed by atoms with Crippen molar-refractivity contribution < 1.29 is 18.1 Å². The molecule has 0 amide bonds. The summed E-state index contributed by atoms with van der Waals surface area (Å²) in [6.07, 6.45) is 0. The van der Waals surface area contributed by atoms with Gasteiger partial charge in [0, 0.05) is 65.7 Å². The number of para-hydroxylation sites is 2. The minimum atomic E-state index is -0.380. The quantitative estimate of drug-likeness (QED) is 0.107. The van der Waals surface area contributed by atoms with Gasteiger partial charge in [-0.05, 0) is 186 Å². The van der Waals surface area contributed by atoms with Crippen LogP contribution in [0.2, 0.25) is 5.02 Å². The molecule has 1 fully saturated rings. The van der Waals surface area contributed by atoms with Crippen molar-refractivity contribution in [2.45, 2.75) is 38.9 Å². The molecule has 1 saturated heterocycles. The maximum absolute atomic E-state index is 6.51. The van der Waals surface area contributed by atoms with Crippen molar-refractivity contribution in [1.82, 2.24) is 29.9 Å². The molecule has 1 aliphatic heterocycles. The van der Waals surface area contributed by atoms with E-state index in [1.165, 1.54) is 70.0 Å². The lowest BCUT2D eigenvalue weighted by Gasteiger charge is -2.32. The predicted molar refractivity (Wildman–Crippen MR) is 479 cm³/mol. The van der Waals surface area contributed by atoms with Gasteiger partial charge in [-0.1, -0.05) is 297 Å². The van der Waals surface area contributed by atoms with Crippen LogP contribution >= 0.6 is 11.6 Å². The molecule has 22 aromatic rings. The molecule has 0 bridgehead atoms. The Hall–Kier alpha value is -14.1. The molecule has 1 aliphatic rings. The van der Waals surface area contributed by atoms with E-state index >= 15 is 0 Å². The smallest absolute Gasteiger partial charge is 0.456 e. The number of hydrogen-bond acceptors (Lipinski definition) is 10. The van der Waals surface area contributed by atoms with Crippen LogP contribution in [0.4, 0.5) is 0 Å². The summed E-state index contributed by atoms with van der Waals surface area (Å²) >= 11 is 6.51. The molecule has 0 atom stereocenters. The second-order valence-electron chi connectivity index (χ2n) is 30.8. The largest absolute Gasteiger partial charge is 0.494 e. The summed E-state index contributed by atoms with van der Waals surface area (Å²) < 4.78 is 25.1. The van der Waals surface area contributed by atoms with Gasteiger partial charge in [-0.3, -0.25) is 0 Å². The Bertz CT molecular complexity index is 7540. The highest BCUT2D eigenvalue weighted by Crippen LogP contribution is 2.44. The van der Waals surface area contributed by atoms with Gasteiger partial charge in [-0.15, -0.1) is 0 Å². The summed E-state index contributed by atoms with van der Waals surface area (Å²) in [5.74, 6) is 3.70. The topological polar surface area (TPSA) is 122 Å². The molecule has 4 aromatic heterocycles. The first-order valence-corrected chi connectivity index (χ1v) is 39.4. The Morgan fingerprint density at radius 3 is 1.00 bits per heavy atom. The third-order valence-corrected chi connectivity index (χ3v) is 23.5. The summed E-state index contributed by atoms with van der Waals surface area (Å²) in [7, 11) is -0.380. The van der Waals surface area contributed by atoms with E-state index < -0.39 is 0 Å². The minimum Gasteiger partial charge on any atom is -0.456 e. The van der Waals surface area contributed by atoms with E-state index in [-0.39, 0.29) is 18.3 Å². The van der Waals surface area contributed by atoms with Crippen molar-refractivity contribution >= 4 is 154 Å². The lowest BCUT2D eigenvalue weighted by atomic mass is 9.77. The highest BCUT2D eigenvalue weighted by Gasteiger charge is 2.52. The molecule has 116 heavy (non-hydrogen) atoms. The molecule has 0 N–H and O–H groups in total. The number of nitrogens with zero attached hydrogens (tertiary/aromatic N) is 6. The predicted octanol–water partition coefficient (Wildman–Crippen LogP) is 27.1.